The van der Waals surface area contributed by atoms with Crippen LogP contribution < -0.4 is 10.6 Å². The van der Waals surface area contributed by atoms with E-state index < -0.39 is 0 Å². The molecule has 0 radical (unpaired) electrons. The number of carbonyl (C=O) groups is 1. The second-order valence-corrected chi connectivity index (χ2v) is 5.47. The fourth-order valence-electron chi connectivity index (χ4n) is 2.28. The Kier molecular flexibility index (Phi) is 4.86. The number of carbonyl (C=O) groups excluding carboxylic acids is 1. The van der Waals surface area contributed by atoms with Crippen LogP contribution in [-0.2, 0) is 0 Å². The molecule has 1 aromatic carbocycles. The molecular weight excluding hydrogens is 302 g/mol. The predicted octanol–water partition coefficient (Wildman–Crippen LogP) is 2.50. The molecular formula is C18H19N5O. The molecule has 3 rings (SSSR count). The number of nitrogens with zero attached hydrogens (tertiary/aromatic N) is 3. The Morgan fingerprint density at radius 2 is 2.00 bits per heavy atom. The number of nitrogens with one attached hydrogen (secondary N) is 2. The zero-order valence-electron chi connectivity index (χ0n) is 13.4. The van der Waals surface area contributed by atoms with Crippen LogP contribution in [-0.4, -0.2) is 33.3 Å². The maximum atomic E-state index is 12.4. The smallest absolute Gasteiger partial charge is 0.270 e. The average Bonchev–Trinajstić information content (AvgIpc) is 3.16. The number of rotatable bonds is 6. The van der Waals surface area contributed by atoms with E-state index >= 15 is 0 Å². The van der Waals surface area contributed by atoms with Crippen LogP contribution in [0.1, 0.15) is 17.4 Å². The lowest BCUT2D eigenvalue weighted by Crippen LogP contribution is -2.37. The molecule has 0 aliphatic heterocycles. The van der Waals surface area contributed by atoms with Crippen LogP contribution in [0.15, 0.2) is 67.1 Å². The second kappa shape index (κ2) is 7.41. The zero-order valence-corrected chi connectivity index (χ0v) is 13.4. The molecule has 0 fully saturated rings. The molecule has 0 spiro atoms. The fraction of sp³-hybridized carbons (Fsp3) is 0.167. The summed E-state index contributed by atoms with van der Waals surface area (Å²) in [6, 6.07) is 15.2. The highest BCUT2D eigenvalue weighted by molar-refractivity contribution is 5.92. The van der Waals surface area contributed by atoms with E-state index in [2.05, 4.69) is 20.7 Å². The molecule has 1 atom stereocenters. The maximum absolute atomic E-state index is 12.4. The van der Waals surface area contributed by atoms with Crippen molar-refractivity contribution < 1.29 is 4.79 Å². The molecule has 2 aromatic heterocycles. The molecule has 24 heavy (non-hydrogen) atoms. The van der Waals surface area contributed by atoms with Crippen molar-refractivity contribution in [3.63, 3.8) is 0 Å². The first kappa shape index (κ1) is 15.7. The Bertz CT molecular complexity index is 786. The van der Waals surface area contributed by atoms with Gasteiger partial charge in [0, 0.05) is 36.9 Å². The van der Waals surface area contributed by atoms with Gasteiger partial charge in [0.25, 0.3) is 5.91 Å². The van der Waals surface area contributed by atoms with Crippen LogP contribution in [0, 0.1) is 0 Å². The molecule has 3 aromatic rings. The summed E-state index contributed by atoms with van der Waals surface area (Å²) < 4.78 is 1.69. The van der Waals surface area contributed by atoms with E-state index in [-0.39, 0.29) is 11.9 Å². The van der Waals surface area contributed by atoms with Gasteiger partial charge in [-0.1, -0.05) is 18.2 Å². The van der Waals surface area contributed by atoms with Crippen LogP contribution >= 0.6 is 0 Å². The van der Waals surface area contributed by atoms with Gasteiger partial charge in [0.1, 0.15) is 5.69 Å². The van der Waals surface area contributed by atoms with Gasteiger partial charge in [0.05, 0.1) is 5.69 Å². The lowest BCUT2D eigenvalue weighted by Gasteiger charge is -2.15. The highest BCUT2D eigenvalue weighted by atomic mass is 16.1. The molecule has 0 saturated heterocycles. The molecule has 122 valence electrons. The van der Waals surface area contributed by atoms with E-state index in [1.807, 2.05) is 55.6 Å². The number of aromatic nitrogens is 3. The van der Waals surface area contributed by atoms with Crippen molar-refractivity contribution in [2.75, 3.05) is 11.9 Å². The number of pyridine rings is 1. The third kappa shape index (κ3) is 3.98. The van der Waals surface area contributed by atoms with E-state index in [1.54, 1.807) is 23.1 Å². The van der Waals surface area contributed by atoms with Gasteiger partial charge < -0.3 is 10.6 Å². The van der Waals surface area contributed by atoms with Gasteiger partial charge in [-0.15, -0.1) is 0 Å². The van der Waals surface area contributed by atoms with Crippen LogP contribution in [0.2, 0.25) is 0 Å². The van der Waals surface area contributed by atoms with Crippen molar-refractivity contribution >= 4 is 11.6 Å². The van der Waals surface area contributed by atoms with Gasteiger partial charge in [0.15, 0.2) is 0 Å². The quantitative estimate of drug-likeness (QED) is 0.732. The molecule has 0 unspecified atom stereocenters. The Labute approximate surface area is 140 Å². The average molecular weight is 321 g/mol. The van der Waals surface area contributed by atoms with E-state index in [0.717, 1.165) is 11.4 Å². The molecule has 0 aliphatic carbocycles. The molecule has 1 amide bonds. The zero-order chi connectivity index (χ0) is 16.8. The van der Waals surface area contributed by atoms with E-state index in [4.69, 9.17) is 0 Å². The Morgan fingerprint density at radius 1 is 1.17 bits per heavy atom. The lowest BCUT2D eigenvalue weighted by atomic mass is 10.2. The fourth-order valence-corrected chi connectivity index (χ4v) is 2.28. The number of hydrogen-bond donors (Lipinski definition) is 2. The van der Waals surface area contributed by atoms with Crippen molar-refractivity contribution in [1.29, 1.82) is 0 Å². The summed E-state index contributed by atoms with van der Waals surface area (Å²) in [7, 11) is 0. The van der Waals surface area contributed by atoms with Crippen LogP contribution in [0.5, 0.6) is 0 Å². The van der Waals surface area contributed by atoms with Gasteiger partial charge in [0.2, 0.25) is 0 Å². The standard InChI is InChI=1S/C18H19N5O/c1-14(13-20-15-6-3-2-4-7-15)22-18(24)17-12-16(8-10-19-17)23-11-5-9-21-23/h2-12,14,20H,13H2,1H3,(H,22,24)/t14-/m0/s1. The predicted molar refractivity (Wildman–Crippen MR) is 93.2 cm³/mol. The number of anilines is 1. The van der Waals surface area contributed by atoms with E-state index in [1.165, 1.54) is 0 Å². The molecule has 2 heterocycles. The minimum atomic E-state index is -0.202. The van der Waals surface area contributed by atoms with Crippen LogP contribution in [0.4, 0.5) is 5.69 Å². The summed E-state index contributed by atoms with van der Waals surface area (Å²) in [5, 5.41) is 10.4. The molecule has 0 aliphatic rings. The maximum Gasteiger partial charge on any atom is 0.270 e. The Hall–Kier alpha value is -3.15. The summed E-state index contributed by atoms with van der Waals surface area (Å²) in [6.45, 7) is 2.58. The second-order valence-electron chi connectivity index (χ2n) is 5.47. The number of benzene rings is 1. The van der Waals surface area contributed by atoms with Crippen molar-refractivity contribution in [2.24, 2.45) is 0 Å². The van der Waals surface area contributed by atoms with E-state index in [0.29, 0.717) is 12.2 Å². The van der Waals surface area contributed by atoms with Gasteiger partial charge >= 0.3 is 0 Å². The molecule has 6 nitrogen and oxygen atoms in total. The van der Waals surface area contributed by atoms with Crippen molar-refractivity contribution in [3.05, 3.63) is 72.8 Å². The largest absolute Gasteiger partial charge is 0.383 e. The van der Waals surface area contributed by atoms with Gasteiger partial charge in [-0.25, -0.2) is 4.68 Å². The van der Waals surface area contributed by atoms with Crippen molar-refractivity contribution in [1.82, 2.24) is 20.1 Å². The monoisotopic (exact) mass is 321 g/mol. The van der Waals surface area contributed by atoms with Crippen LogP contribution in [0.25, 0.3) is 5.69 Å². The first-order valence-corrected chi connectivity index (χ1v) is 7.78. The third-order valence-electron chi connectivity index (χ3n) is 3.51. The van der Waals surface area contributed by atoms with Gasteiger partial charge in [-0.3, -0.25) is 9.78 Å². The first-order valence-electron chi connectivity index (χ1n) is 7.78. The van der Waals surface area contributed by atoms with Gasteiger partial charge in [-0.05, 0) is 37.3 Å². The summed E-state index contributed by atoms with van der Waals surface area (Å²) in [4.78, 5) is 16.5. The minimum Gasteiger partial charge on any atom is -0.383 e. The highest BCUT2D eigenvalue weighted by Gasteiger charge is 2.12. The Balaban J connectivity index is 1.59. The lowest BCUT2D eigenvalue weighted by molar-refractivity contribution is 0.0937. The summed E-state index contributed by atoms with van der Waals surface area (Å²) in [5.74, 6) is -0.202. The minimum absolute atomic E-state index is 0.0344. The molecule has 0 saturated carbocycles. The SMILES string of the molecule is C[C@@H](CNc1ccccc1)NC(=O)c1cc(-n2cccn2)ccn1. The van der Waals surface area contributed by atoms with Crippen LogP contribution in [0.3, 0.4) is 0 Å². The first-order chi connectivity index (χ1) is 11.7. The summed E-state index contributed by atoms with van der Waals surface area (Å²) >= 11 is 0. The van der Waals surface area contributed by atoms with Crippen molar-refractivity contribution in [3.8, 4) is 5.69 Å². The number of hydrogen-bond acceptors (Lipinski definition) is 4. The Morgan fingerprint density at radius 3 is 2.75 bits per heavy atom. The highest BCUT2D eigenvalue weighted by Crippen LogP contribution is 2.08. The van der Waals surface area contributed by atoms with E-state index in [9.17, 15) is 4.79 Å². The molecule has 6 heteroatoms. The summed E-state index contributed by atoms with van der Waals surface area (Å²) in [5.41, 5.74) is 2.20. The number of amides is 1. The number of para-hydroxylation sites is 1. The topological polar surface area (TPSA) is 71.8 Å². The van der Waals surface area contributed by atoms with Crippen molar-refractivity contribution in [2.45, 2.75) is 13.0 Å². The van der Waals surface area contributed by atoms with Gasteiger partial charge in [-0.2, -0.15) is 5.10 Å². The summed E-state index contributed by atoms with van der Waals surface area (Å²) in [6.07, 6.45) is 5.12. The third-order valence-corrected chi connectivity index (χ3v) is 3.51. The molecule has 0 bridgehead atoms. The normalized spacial score (nSPS) is 11.7. The molecule has 2 N–H and O–H groups in total.